The molecule has 110 valence electrons. The number of nitrogens with one attached hydrogen (secondary N) is 1. The molecular formula is C14H20N2O3S. The molecule has 0 saturated carbocycles. The van der Waals surface area contributed by atoms with Gasteiger partial charge >= 0.3 is 0 Å². The van der Waals surface area contributed by atoms with Gasteiger partial charge in [0.1, 0.15) is 6.10 Å². The van der Waals surface area contributed by atoms with Gasteiger partial charge in [0.15, 0.2) is 0 Å². The Kier molecular flexibility index (Phi) is 6.14. The van der Waals surface area contributed by atoms with E-state index < -0.39 is 0 Å². The number of rotatable bonds is 7. The van der Waals surface area contributed by atoms with E-state index in [2.05, 4.69) is 10.3 Å². The Hall–Kier alpha value is -1.27. The Morgan fingerprint density at radius 3 is 3.25 bits per heavy atom. The molecule has 1 aliphatic heterocycles. The third kappa shape index (κ3) is 4.68. The van der Waals surface area contributed by atoms with Crippen LogP contribution in [-0.4, -0.2) is 48.8 Å². The van der Waals surface area contributed by atoms with Crippen molar-refractivity contribution in [1.82, 2.24) is 10.3 Å². The quantitative estimate of drug-likeness (QED) is 0.777. The maximum Gasteiger partial charge on any atom is 0.251 e. The summed E-state index contributed by atoms with van der Waals surface area (Å²) >= 11 is 1.88. The first-order valence-electron chi connectivity index (χ1n) is 6.77. The van der Waals surface area contributed by atoms with Crippen LogP contribution in [0.1, 0.15) is 23.2 Å². The van der Waals surface area contributed by atoms with Crippen molar-refractivity contribution in [2.24, 2.45) is 0 Å². The smallest absolute Gasteiger partial charge is 0.251 e. The molecule has 5 nitrogen and oxygen atoms in total. The SMILES string of the molecule is COCCCNC(=O)c1ccnc(O[C@@H]2CCSC2)c1. The van der Waals surface area contributed by atoms with Crippen LogP contribution < -0.4 is 10.1 Å². The van der Waals surface area contributed by atoms with Gasteiger partial charge < -0.3 is 14.8 Å². The van der Waals surface area contributed by atoms with Gasteiger partial charge in [0, 0.05) is 43.8 Å². The van der Waals surface area contributed by atoms with Gasteiger partial charge in [-0.25, -0.2) is 4.98 Å². The van der Waals surface area contributed by atoms with E-state index in [1.165, 1.54) is 0 Å². The Morgan fingerprint density at radius 2 is 2.50 bits per heavy atom. The van der Waals surface area contributed by atoms with E-state index in [-0.39, 0.29) is 12.0 Å². The number of carbonyl (C=O) groups is 1. The van der Waals surface area contributed by atoms with E-state index in [0.717, 1.165) is 24.3 Å². The monoisotopic (exact) mass is 296 g/mol. The van der Waals surface area contributed by atoms with Gasteiger partial charge in [-0.15, -0.1) is 0 Å². The fourth-order valence-corrected chi connectivity index (χ4v) is 3.01. The van der Waals surface area contributed by atoms with Gasteiger partial charge in [0.05, 0.1) is 0 Å². The lowest BCUT2D eigenvalue weighted by atomic mass is 10.2. The predicted molar refractivity (Wildman–Crippen MR) is 79.4 cm³/mol. The van der Waals surface area contributed by atoms with E-state index in [0.29, 0.717) is 24.6 Å². The molecule has 6 heteroatoms. The van der Waals surface area contributed by atoms with Crippen molar-refractivity contribution in [2.75, 3.05) is 31.8 Å². The van der Waals surface area contributed by atoms with Crippen molar-refractivity contribution in [3.05, 3.63) is 23.9 Å². The van der Waals surface area contributed by atoms with E-state index in [9.17, 15) is 4.79 Å². The molecule has 0 aromatic carbocycles. The highest BCUT2D eigenvalue weighted by molar-refractivity contribution is 7.99. The van der Waals surface area contributed by atoms with E-state index in [4.69, 9.17) is 9.47 Å². The highest BCUT2D eigenvalue weighted by atomic mass is 32.2. The van der Waals surface area contributed by atoms with Crippen LogP contribution >= 0.6 is 11.8 Å². The number of hydrogen-bond donors (Lipinski definition) is 1. The summed E-state index contributed by atoms with van der Waals surface area (Å²) < 4.78 is 10.7. The van der Waals surface area contributed by atoms with Crippen molar-refractivity contribution < 1.29 is 14.3 Å². The van der Waals surface area contributed by atoms with Crippen molar-refractivity contribution in [3.8, 4) is 5.88 Å². The summed E-state index contributed by atoms with van der Waals surface area (Å²) in [7, 11) is 1.65. The molecule has 1 amide bonds. The van der Waals surface area contributed by atoms with E-state index in [1.807, 2.05) is 11.8 Å². The molecule has 1 N–H and O–H groups in total. The molecule has 1 aliphatic rings. The third-order valence-corrected chi connectivity index (χ3v) is 4.12. The van der Waals surface area contributed by atoms with Crippen LogP contribution in [0.4, 0.5) is 0 Å². The lowest BCUT2D eigenvalue weighted by molar-refractivity contribution is 0.0947. The Morgan fingerprint density at radius 1 is 1.60 bits per heavy atom. The summed E-state index contributed by atoms with van der Waals surface area (Å²) in [5.74, 6) is 2.55. The highest BCUT2D eigenvalue weighted by Gasteiger charge is 2.18. The Labute approximate surface area is 123 Å². The first-order chi connectivity index (χ1) is 9.79. The largest absolute Gasteiger partial charge is 0.473 e. The first kappa shape index (κ1) is 15.1. The standard InChI is InChI=1S/C14H20N2O3S/c1-18-7-2-5-16-14(17)11-3-6-15-13(9-11)19-12-4-8-20-10-12/h3,6,9,12H,2,4-5,7-8,10H2,1H3,(H,16,17)/t12-/m1/s1. The van der Waals surface area contributed by atoms with E-state index >= 15 is 0 Å². The summed E-state index contributed by atoms with van der Waals surface area (Å²) in [4.78, 5) is 16.1. The van der Waals surface area contributed by atoms with Gasteiger partial charge in [0.2, 0.25) is 5.88 Å². The molecular weight excluding hydrogens is 276 g/mol. The van der Waals surface area contributed by atoms with E-state index in [1.54, 1.807) is 25.4 Å². The van der Waals surface area contributed by atoms with Crippen molar-refractivity contribution in [3.63, 3.8) is 0 Å². The molecule has 0 spiro atoms. The van der Waals surface area contributed by atoms with Crippen LogP contribution in [0, 0.1) is 0 Å². The van der Waals surface area contributed by atoms with Gasteiger partial charge in [-0.05, 0) is 24.7 Å². The minimum absolute atomic E-state index is 0.103. The topological polar surface area (TPSA) is 60.5 Å². The zero-order valence-corrected chi connectivity index (χ0v) is 12.4. The first-order valence-corrected chi connectivity index (χ1v) is 7.92. The fourth-order valence-electron chi connectivity index (χ4n) is 1.91. The minimum atomic E-state index is -0.103. The number of carbonyl (C=O) groups excluding carboxylic acids is 1. The van der Waals surface area contributed by atoms with Crippen LogP contribution in [-0.2, 0) is 4.74 Å². The second kappa shape index (κ2) is 8.11. The fraction of sp³-hybridized carbons (Fsp3) is 0.571. The number of amides is 1. The maximum atomic E-state index is 12.0. The summed E-state index contributed by atoms with van der Waals surface area (Å²) in [6.45, 7) is 1.24. The van der Waals surface area contributed by atoms with Crippen LogP contribution in [0.3, 0.4) is 0 Å². The number of methoxy groups -OCH3 is 1. The number of aromatic nitrogens is 1. The van der Waals surface area contributed by atoms with Crippen LogP contribution in [0.25, 0.3) is 0 Å². The number of pyridine rings is 1. The Balaban J connectivity index is 1.86. The third-order valence-electron chi connectivity index (χ3n) is 2.98. The predicted octanol–water partition coefficient (Wildman–Crippen LogP) is 1.73. The molecule has 1 fully saturated rings. The molecule has 0 radical (unpaired) electrons. The van der Waals surface area contributed by atoms with Gasteiger partial charge in [-0.1, -0.05) is 0 Å². The molecule has 0 bridgehead atoms. The molecule has 20 heavy (non-hydrogen) atoms. The maximum absolute atomic E-state index is 12.0. The van der Waals surface area contributed by atoms with Gasteiger partial charge in [-0.2, -0.15) is 11.8 Å². The molecule has 2 heterocycles. The summed E-state index contributed by atoms with van der Waals surface area (Å²) in [5.41, 5.74) is 0.582. The average molecular weight is 296 g/mol. The number of hydrogen-bond acceptors (Lipinski definition) is 5. The number of thioether (sulfide) groups is 1. The Bertz CT molecular complexity index is 436. The van der Waals surface area contributed by atoms with Gasteiger partial charge in [0.25, 0.3) is 5.91 Å². The van der Waals surface area contributed by atoms with Crippen LogP contribution in [0.5, 0.6) is 5.88 Å². The molecule has 1 atom stereocenters. The zero-order chi connectivity index (χ0) is 14.2. The molecule has 1 aromatic rings. The molecule has 1 aromatic heterocycles. The lowest BCUT2D eigenvalue weighted by Crippen LogP contribution is -2.25. The number of ether oxygens (including phenoxy) is 2. The summed E-state index contributed by atoms with van der Waals surface area (Å²) in [6, 6.07) is 3.40. The molecule has 1 saturated heterocycles. The van der Waals surface area contributed by atoms with Crippen LogP contribution in [0.15, 0.2) is 18.3 Å². The average Bonchev–Trinajstić information content (AvgIpc) is 2.96. The molecule has 0 unspecified atom stereocenters. The van der Waals surface area contributed by atoms with Crippen molar-refractivity contribution in [1.29, 1.82) is 0 Å². The second-order valence-electron chi connectivity index (χ2n) is 4.59. The van der Waals surface area contributed by atoms with Crippen molar-refractivity contribution >= 4 is 17.7 Å². The lowest BCUT2D eigenvalue weighted by Gasteiger charge is -2.12. The number of nitrogens with zero attached hydrogens (tertiary/aromatic N) is 1. The molecule has 2 rings (SSSR count). The van der Waals surface area contributed by atoms with Gasteiger partial charge in [-0.3, -0.25) is 4.79 Å². The highest BCUT2D eigenvalue weighted by Crippen LogP contribution is 2.22. The van der Waals surface area contributed by atoms with Crippen LogP contribution in [0.2, 0.25) is 0 Å². The molecule has 0 aliphatic carbocycles. The minimum Gasteiger partial charge on any atom is -0.473 e. The normalized spacial score (nSPS) is 17.9. The zero-order valence-electron chi connectivity index (χ0n) is 11.6. The second-order valence-corrected chi connectivity index (χ2v) is 5.74. The summed E-state index contributed by atoms with van der Waals surface area (Å²) in [5, 5.41) is 2.85. The summed E-state index contributed by atoms with van der Waals surface area (Å²) in [6.07, 6.45) is 3.67. The van der Waals surface area contributed by atoms with Crippen molar-refractivity contribution in [2.45, 2.75) is 18.9 Å².